The molecule has 1 saturated heterocycles. The summed E-state index contributed by atoms with van der Waals surface area (Å²) in [6, 6.07) is 7.10. The van der Waals surface area contributed by atoms with E-state index in [2.05, 4.69) is 15.0 Å². The Morgan fingerprint density at radius 3 is 2.54 bits per heavy atom. The number of amides is 1. The number of aromatic nitrogens is 3. The molecule has 1 amide bonds. The predicted molar refractivity (Wildman–Crippen MR) is 107 cm³/mol. The van der Waals surface area contributed by atoms with Gasteiger partial charge in [-0.05, 0) is 31.0 Å². The summed E-state index contributed by atoms with van der Waals surface area (Å²) in [7, 11) is 0. The second kappa shape index (κ2) is 8.65. The second-order valence-electron chi connectivity index (χ2n) is 7.67. The van der Waals surface area contributed by atoms with Gasteiger partial charge in [-0.2, -0.15) is 5.10 Å². The number of hydrogen-bond donors (Lipinski definition) is 0. The Bertz CT molecular complexity index is 853. The molecule has 1 aliphatic carbocycles. The van der Waals surface area contributed by atoms with E-state index < -0.39 is 0 Å². The molecular weight excluding hydrogens is 354 g/mol. The monoisotopic (exact) mass is 381 g/mol. The molecule has 3 heterocycles. The number of rotatable bonds is 5. The summed E-state index contributed by atoms with van der Waals surface area (Å²) < 4.78 is 1.53. The molecule has 0 atom stereocenters. The van der Waals surface area contributed by atoms with Crippen LogP contribution in [-0.2, 0) is 11.3 Å². The van der Waals surface area contributed by atoms with Crippen molar-refractivity contribution >= 4 is 5.91 Å². The van der Waals surface area contributed by atoms with Crippen LogP contribution in [0.2, 0.25) is 0 Å². The van der Waals surface area contributed by atoms with Gasteiger partial charge < -0.3 is 4.90 Å². The third-order valence-electron chi connectivity index (χ3n) is 5.84. The molecule has 0 bridgehead atoms. The van der Waals surface area contributed by atoms with Crippen molar-refractivity contribution in [3.05, 3.63) is 47.0 Å². The van der Waals surface area contributed by atoms with Crippen molar-refractivity contribution in [1.82, 2.24) is 24.6 Å². The molecule has 2 aromatic rings. The van der Waals surface area contributed by atoms with Gasteiger partial charge in [0, 0.05) is 62.7 Å². The Kier molecular flexibility index (Phi) is 5.81. The normalized spacial score (nSPS) is 18.5. The highest BCUT2D eigenvalue weighted by Crippen LogP contribution is 2.26. The first-order chi connectivity index (χ1) is 13.7. The van der Waals surface area contributed by atoms with Gasteiger partial charge in [-0.3, -0.25) is 19.5 Å². The van der Waals surface area contributed by atoms with Gasteiger partial charge in [0.1, 0.15) is 0 Å². The van der Waals surface area contributed by atoms with Crippen LogP contribution in [0.5, 0.6) is 0 Å². The molecule has 1 aliphatic heterocycles. The lowest BCUT2D eigenvalue weighted by Crippen LogP contribution is -2.50. The van der Waals surface area contributed by atoms with Gasteiger partial charge in [0.15, 0.2) is 0 Å². The van der Waals surface area contributed by atoms with E-state index in [-0.39, 0.29) is 11.5 Å². The number of carbonyl (C=O) groups is 1. The Morgan fingerprint density at radius 1 is 1.04 bits per heavy atom. The van der Waals surface area contributed by atoms with E-state index in [1.807, 2.05) is 17.0 Å². The lowest BCUT2D eigenvalue weighted by molar-refractivity contribution is -0.137. The fourth-order valence-electron chi connectivity index (χ4n) is 4.14. The maximum Gasteiger partial charge on any atom is 0.266 e. The standard InChI is InChI=1S/C21H27N5O2/c27-20-8-7-19(18-6-3-9-22-16-18)23-26(20)15-12-24-10-13-25(14-11-24)21(28)17-4-1-2-5-17/h3,6-9,16-17H,1-2,4-5,10-15H2. The highest BCUT2D eigenvalue weighted by Gasteiger charge is 2.29. The summed E-state index contributed by atoms with van der Waals surface area (Å²) in [5.74, 6) is 0.601. The van der Waals surface area contributed by atoms with Crippen LogP contribution in [0.1, 0.15) is 25.7 Å². The molecule has 2 fully saturated rings. The maximum absolute atomic E-state index is 12.6. The molecule has 7 heteroatoms. The third kappa shape index (κ3) is 4.30. The minimum atomic E-state index is -0.0947. The lowest BCUT2D eigenvalue weighted by atomic mass is 10.1. The SMILES string of the molecule is O=C(C1CCCC1)N1CCN(CCn2nc(-c3cccnc3)ccc2=O)CC1. The molecule has 148 valence electrons. The Balaban J connectivity index is 1.32. The van der Waals surface area contributed by atoms with Crippen molar-refractivity contribution < 1.29 is 4.79 Å². The Hall–Kier alpha value is -2.54. The Labute approximate surface area is 165 Å². The molecule has 0 spiro atoms. The molecule has 1 saturated carbocycles. The van der Waals surface area contributed by atoms with E-state index in [1.165, 1.54) is 17.5 Å². The van der Waals surface area contributed by atoms with Gasteiger partial charge in [0.25, 0.3) is 5.56 Å². The van der Waals surface area contributed by atoms with Crippen LogP contribution in [0.15, 0.2) is 41.5 Å². The van der Waals surface area contributed by atoms with Crippen molar-refractivity contribution in [2.45, 2.75) is 32.2 Å². The van der Waals surface area contributed by atoms with Crippen molar-refractivity contribution in [2.24, 2.45) is 5.92 Å². The molecule has 0 radical (unpaired) electrons. The van der Waals surface area contributed by atoms with Crippen molar-refractivity contribution in [3.8, 4) is 11.3 Å². The number of pyridine rings is 1. The summed E-state index contributed by atoms with van der Waals surface area (Å²) in [6.45, 7) is 4.59. The van der Waals surface area contributed by atoms with Crippen LogP contribution >= 0.6 is 0 Å². The van der Waals surface area contributed by atoms with Crippen molar-refractivity contribution in [3.63, 3.8) is 0 Å². The van der Waals surface area contributed by atoms with E-state index in [0.717, 1.165) is 56.8 Å². The quantitative estimate of drug-likeness (QED) is 0.787. The van der Waals surface area contributed by atoms with Gasteiger partial charge in [0.05, 0.1) is 12.2 Å². The van der Waals surface area contributed by atoms with E-state index in [4.69, 9.17) is 0 Å². The molecule has 7 nitrogen and oxygen atoms in total. The molecular formula is C21H27N5O2. The lowest BCUT2D eigenvalue weighted by Gasteiger charge is -2.36. The maximum atomic E-state index is 12.6. The van der Waals surface area contributed by atoms with Crippen LogP contribution in [0, 0.1) is 5.92 Å². The molecule has 28 heavy (non-hydrogen) atoms. The summed E-state index contributed by atoms with van der Waals surface area (Å²) in [5, 5.41) is 4.50. The number of carbonyl (C=O) groups excluding carboxylic acids is 1. The average molecular weight is 381 g/mol. The molecule has 0 aromatic carbocycles. The first-order valence-electron chi connectivity index (χ1n) is 10.2. The first kappa shape index (κ1) is 18.8. The second-order valence-corrected chi connectivity index (χ2v) is 7.67. The van der Waals surface area contributed by atoms with Crippen LogP contribution in [0.25, 0.3) is 11.3 Å². The van der Waals surface area contributed by atoms with E-state index >= 15 is 0 Å². The predicted octanol–water partition coefficient (Wildman–Crippen LogP) is 1.64. The van der Waals surface area contributed by atoms with Crippen molar-refractivity contribution in [2.75, 3.05) is 32.7 Å². The summed E-state index contributed by atoms with van der Waals surface area (Å²) in [6.07, 6.45) is 7.96. The summed E-state index contributed by atoms with van der Waals surface area (Å²) >= 11 is 0. The topological polar surface area (TPSA) is 71.3 Å². The van der Waals surface area contributed by atoms with Gasteiger partial charge in [0.2, 0.25) is 5.91 Å². The number of nitrogens with zero attached hydrogens (tertiary/aromatic N) is 5. The molecule has 4 rings (SSSR count). The van der Waals surface area contributed by atoms with Crippen LogP contribution in [0.4, 0.5) is 0 Å². The van der Waals surface area contributed by atoms with Gasteiger partial charge in [-0.25, -0.2) is 4.68 Å². The van der Waals surface area contributed by atoms with Gasteiger partial charge >= 0.3 is 0 Å². The number of hydrogen-bond acceptors (Lipinski definition) is 5. The summed E-state index contributed by atoms with van der Waals surface area (Å²) in [5.41, 5.74) is 1.55. The fraction of sp³-hybridized carbons (Fsp3) is 0.524. The molecule has 0 N–H and O–H groups in total. The minimum Gasteiger partial charge on any atom is -0.340 e. The van der Waals surface area contributed by atoms with Crippen LogP contribution < -0.4 is 5.56 Å². The highest BCUT2D eigenvalue weighted by atomic mass is 16.2. The average Bonchev–Trinajstić information content (AvgIpc) is 3.29. The molecule has 0 unspecified atom stereocenters. The largest absolute Gasteiger partial charge is 0.340 e. The van der Waals surface area contributed by atoms with Gasteiger partial charge in [-0.1, -0.05) is 12.8 Å². The molecule has 2 aromatic heterocycles. The first-order valence-corrected chi connectivity index (χ1v) is 10.2. The van der Waals surface area contributed by atoms with Gasteiger partial charge in [-0.15, -0.1) is 0 Å². The Morgan fingerprint density at radius 2 is 1.82 bits per heavy atom. The highest BCUT2D eigenvalue weighted by molar-refractivity contribution is 5.79. The summed E-state index contributed by atoms with van der Waals surface area (Å²) in [4.78, 5) is 33.2. The van der Waals surface area contributed by atoms with Crippen LogP contribution in [-0.4, -0.2) is 63.2 Å². The fourth-order valence-corrected chi connectivity index (χ4v) is 4.14. The van der Waals surface area contributed by atoms with E-state index in [9.17, 15) is 9.59 Å². The number of piperazine rings is 1. The van der Waals surface area contributed by atoms with Crippen LogP contribution in [0.3, 0.4) is 0 Å². The van der Waals surface area contributed by atoms with E-state index in [0.29, 0.717) is 12.5 Å². The zero-order valence-corrected chi connectivity index (χ0v) is 16.2. The zero-order chi connectivity index (χ0) is 19.3. The smallest absolute Gasteiger partial charge is 0.266 e. The minimum absolute atomic E-state index is 0.0947. The third-order valence-corrected chi connectivity index (χ3v) is 5.84. The zero-order valence-electron chi connectivity index (χ0n) is 16.2. The molecule has 2 aliphatic rings. The van der Waals surface area contributed by atoms with E-state index in [1.54, 1.807) is 24.5 Å². The van der Waals surface area contributed by atoms with Crippen molar-refractivity contribution in [1.29, 1.82) is 0 Å².